The van der Waals surface area contributed by atoms with Gasteiger partial charge in [0.15, 0.2) is 5.01 Å². The Kier molecular flexibility index (Phi) is 3.73. The van der Waals surface area contributed by atoms with Crippen molar-refractivity contribution >= 4 is 23.2 Å². The lowest BCUT2D eigenvalue weighted by atomic mass is 9.97. The number of ether oxygens (including phenoxy) is 1. The largest absolute Gasteiger partial charge is 0.469 e. The molecule has 0 atom stereocenters. The molecule has 5 nitrogen and oxygen atoms in total. The number of carbonyl (C=O) groups excluding carboxylic acids is 2. The van der Waals surface area contributed by atoms with Crippen LogP contribution in [0.2, 0.25) is 0 Å². The fourth-order valence-corrected chi connectivity index (χ4v) is 2.55. The zero-order valence-electron chi connectivity index (χ0n) is 9.59. The number of amides is 1. The Hall–Kier alpha value is -1.43. The number of esters is 1. The number of methoxy groups -OCH3 is 1. The summed E-state index contributed by atoms with van der Waals surface area (Å²) in [5.41, 5.74) is 0. The van der Waals surface area contributed by atoms with E-state index in [-0.39, 0.29) is 17.8 Å². The van der Waals surface area contributed by atoms with Crippen LogP contribution in [0, 0.1) is 5.92 Å². The van der Waals surface area contributed by atoms with Gasteiger partial charge in [0, 0.05) is 24.7 Å². The van der Waals surface area contributed by atoms with Gasteiger partial charge < -0.3 is 9.64 Å². The van der Waals surface area contributed by atoms with Gasteiger partial charge in [-0.05, 0) is 12.8 Å². The summed E-state index contributed by atoms with van der Waals surface area (Å²) in [5, 5.41) is 2.30. The van der Waals surface area contributed by atoms with Gasteiger partial charge in [0.05, 0.1) is 13.0 Å². The quantitative estimate of drug-likeness (QED) is 0.743. The molecule has 1 amide bonds. The van der Waals surface area contributed by atoms with Crippen molar-refractivity contribution in [3.63, 3.8) is 0 Å². The highest BCUT2D eigenvalue weighted by atomic mass is 32.1. The molecule has 0 radical (unpaired) electrons. The summed E-state index contributed by atoms with van der Waals surface area (Å²) in [6.07, 6.45) is 2.96. The topological polar surface area (TPSA) is 59.5 Å². The molecule has 1 aliphatic heterocycles. The lowest BCUT2D eigenvalue weighted by Gasteiger charge is -2.29. The van der Waals surface area contributed by atoms with Crippen LogP contribution in [-0.4, -0.2) is 42.0 Å². The number of carbonyl (C=O) groups is 2. The van der Waals surface area contributed by atoms with E-state index in [4.69, 9.17) is 4.74 Å². The van der Waals surface area contributed by atoms with Gasteiger partial charge in [-0.3, -0.25) is 9.59 Å². The van der Waals surface area contributed by atoms with Gasteiger partial charge in [-0.25, -0.2) is 4.98 Å². The van der Waals surface area contributed by atoms with Crippen molar-refractivity contribution in [2.24, 2.45) is 5.92 Å². The first-order valence-corrected chi connectivity index (χ1v) is 6.37. The van der Waals surface area contributed by atoms with E-state index in [0.717, 1.165) is 0 Å². The molecule has 1 aromatic rings. The lowest BCUT2D eigenvalue weighted by molar-refractivity contribution is -0.146. The number of likely N-dealkylation sites (tertiary alicyclic amines) is 1. The Morgan fingerprint density at radius 1 is 1.47 bits per heavy atom. The highest BCUT2D eigenvalue weighted by Crippen LogP contribution is 2.20. The van der Waals surface area contributed by atoms with Crippen molar-refractivity contribution in [2.75, 3.05) is 20.2 Å². The van der Waals surface area contributed by atoms with E-state index in [2.05, 4.69) is 4.98 Å². The number of hydrogen-bond acceptors (Lipinski definition) is 5. The second-order valence-corrected chi connectivity index (χ2v) is 4.82. The molecule has 0 aromatic carbocycles. The zero-order chi connectivity index (χ0) is 12.3. The van der Waals surface area contributed by atoms with Crippen LogP contribution >= 0.6 is 11.3 Å². The summed E-state index contributed by atoms with van der Waals surface area (Å²) < 4.78 is 4.70. The van der Waals surface area contributed by atoms with Crippen molar-refractivity contribution < 1.29 is 14.3 Å². The standard InChI is InChI=1S/C11H14N2O3S/c1-16-11(15)8-2-5-13(6-3-8)10(14)9-12-4-7-17-9/h4,7-8H,2-3,5-6H2,1H3. The molecule has 0 N–H and O–H groups in total. The molecule has 92 valence electrons. The van der Waals surface area contributed by atoms with Crippen LogP contribution in [0.15, 0.2) is 11.6 Å². The average molecular weight is 254 g/mol. The molecular formula is C11H14N2O3S. The first kappa shape index (κ1) is 12.0. The smallest absolute Gasteiger partial charge is 0.308 e. The van der Waals surface area contributed by atoms with Gasteiger partial charge in [0.2, 0.25) is 0 Å². The molecule has 0 spiro atoms. The van der Waals surface area contributed by atoms with Gasteiger partial charge >= 0.3 is 5.97 Å². The van der Waals surface area contributed by atoms with Crippen LogP contribution in [0.4, 0.5) is 0 Å². The number of aromatic nitrogens is 1. The Morgan fingerprint density at radius 2 is 2.18 bits per heavy atom. The highest BCUT2D eigenvalue weighted by molar-refractivity contribution is 7.11. The average Bonchev–Trinajstić information content (AvgIpc) is 2.91. The van der Waals surface area contributed by atoms with E-state index >= 15 is 0 Å². The summed E-state index contributed by atoms with van der Waals surface area (Å²) in [7, 11) is 1.40. The highest BCUT2D eigenvalue weighted by Gasteiger charge is 2.28. The van der Waals surface area contributed by atoms with E-state index in [1.165, 1.54) is 18.4 Å². The molecule has 1 saturated heterocycles. The molecular weight excluding hydrogens is 240 g/mol. The number of piperidine rings is 1. The van der Waals surface area contributed by atoms with Gasteiger partial charge in [-0.1, -0.05) is 0 Å². The Morgan fingerprint density at radius 3 is 2.71 bits per heavy atom. The Balaban J connectivity index is 1.91. The molecule has 0 aliphatic carbocycles. The first-order valence-electron chi connectivity index (χ1n) is 5.49. The Bertz CT molecular complexity index is 397. The van der Waals surface area contributed by atoms with E-state index in [9.17, 15) is 9.59 Å². The fourth-order valence-electron chi connectivity index (χ4n) is 1.95. The van der Waals surface area contributed by atoms with Crippen LogP contribution in [0.1, 0.15) is 22.6 Å². The molecule has 0 saturated carbocycles. The van der Waals surface area contributed by atoms with Crippen LogP contribution in [0.5, 0.6) is 0 Å². The van der Waals surface area contributed by atoms with E-state index in [1.807, 2.05) is 0 Å². The van der Waals surface area contributed by atoms with Gasteiger partial charge in [-0.2, -0.15) is 0 Å². The molecule has 6 heteroatoms. The third kappa shape index (κ3) is 2.63. The fraction of sp³-hybridized carbons (Fsp3) is 0.545. The maximum atomic E-state index is 12.0. The van der Waals surface area contributed by atoms with Crippen LogP contribution in [0.25, 0.3) is 0 Å². The van der Waals surface area contributed by atoms with Gasteiger partial charge in [0.1, 0.15) is 0 Å². The van der Waals surface area contributed by atoms with Crippen molar-refractivity contribution in [3.8, 4) is 0 Å². The van der Waals surface area contributed by atoms with Crippen LogP contribution in [-0.2, 0) is 9.53 Å². The number of thiazole rings is 1. The molecule has 0 bridgehead atoms. The monoisotopic (exact) mass is 254 g/mol. The number of rotatable bonds is 2. The molecule has 2 rings (SSSR count). The van der Waals surface area contributed by atoms with Crippen molar-refractivity contribution in [1.82, 2.24) is 9.88 Å². The predicted octanol–water partition coefficient (Wildman–Crippen LogP) is 1.17. The SMILES string of the molecule is COC(=O)C1CCN(C(=O)c2nccs2)CC1. The van der Waals surface area contributed by atoms with Crippen molar-refractivity contribution in [2.45, 2.75) is 12.8 Å². The van der Waals surface area contributed by atoms with E-state index < -0.39 is 0 Å². The first-order chi connectivity index (χ1) is 8.22. The molecule has 1 fully saturated rings. The third-order valence-electron chi connectivity index (χ3n) is 2.93. The van der Waals surface area contributed by atoms with Gasteiger partial charge in [-0.15, -0.1) is 11.3 Å². The molecule has 1 aromatic heterocycles. The molecule has 1 aliphatic rings. The van der Waals surface area contributed by atoms with Crippen molar-refractivity contribution in [3.05, 3.63) is 16.6 Å². The summed E-state index contributed by atoms with van der Waals surface area (Å²) in [6, 6.07) is 0. The zero-order valence-corrected chi connectivity index (χ0v) is 10.4. The molecule has 2 heterocycles. The summed E-state index contributed by atoms with van der Waals surface area (Å²) >= 11 is 1.34. The minimum atomic E-state index is -0.175. The third-order valence-corrected chi connectivity index (χ3v) is 3.69. The predicted molar refractivity (Wildman–Crippen MR) is 62.8 cm³/mol. The lowest BCUT2D eigenvalue weighted by Crippen LogP contribution is -2.40. The minimum Gasteiger partial charge on any atom is -0.469 e. The summed E-state index contributed by atoms with van der Waals surface area (Å²) in [5.74, 6) is -0.282. The number of hydrogen-bond donors (Lipinski definition) is 0. The second-order valence-electron chi connectivity index (χ2n) is 3.93. The van der Waals surface area contributed by atoms with Crippen LogP contribution in [0.3, 0.4) is 0 Å². The Labute approximate surface area is 103 Å². The summed E-state index contributed by atoms with van der Waals surface area (Å²) in [6.45, 7) is 1.19. The van der Waals surface area contributed by atoms with E-state index in [0.29, 0.717) is 30.9 Å². The minimum absolute atomic E-state index is 0.0386. The molecule has 0 unspecified atom stereocenters. The summed E-state index contributed by atoms with van der Waals surface area (Å²) in [4.78, 5) is 29.0. The van der Waals surface area contributed by atoms with E-state index in [1.54, 1.807) is 16.5 Å². The normalized spacial score (nSPS) is 16.9. The van der Waals surface area contributed by atoms with Gasteiger partial charge in [0.25, 0.3) is 5.91 Å². The number of nitrogens with zero attached hydrogens (tertiary/aromatic N) is 2. The van der Waals surface area contributed by atoms with Crippen LogP contribution < -0.4 is 0 Å². The maximum absolute atomic E-state index is 12.0. The second kappa shape index (κ2) is 5.27. The molecule has 17 heavy (non-hydrogen) atoms. The maximum Gasteiger partial charge on any atom is 0.308 e. The van der Waals surface area contributed by atoms with Crippen molar-refractivity contribution in [1.29, 1.82) is 0 Å².